The lowest BCUT2D eigenvalue weighted by Gasteiger charge is -2.11. The molecular formula is C10H20N2O6. The predicted octanol–water partition coefficient (Wildman–Crippen LogP) is 0.325. The van der Waals surface area contributed by atoms with Crippen LogP contribution in [0.4, 0.5) is 4.79 Å². The van der Waals surface area contributed by atoms with Gasteiger partial charge in [0.05, 0.1) is 6.61 Å². The minimum Gasteiger partial charge on any atom is -0.463 e. The number of esters is 2. The molecule has 2 amide bonds. The van der Waals surface area contributed by atoms with Crippen LogP contribution < -0.4 is 11.2 Å². The summed E-state index contributed by atoms with van der Waals surface area (Å²) in [5.74, 6) is -0.852. The number of nitrogens with two attached hydrogens (primary N) is 1. The third-order valence-electron chi connectivity index (χ3n) is 1.49. The van der Waals surface area contributed by atoms with Gasteiger partial charge in [0.1, 0.15) is 0 Å². The summed E-state index contributed by atoms with van der Waals surface area (Å²) < 4.78 is 9.46. The number of hydrogen-bond donors (Lipinski definition) is 3. The summed E-state index contributed by atoms with van der Waals surface area (Å²) in [6.45, 7) is 5.38. The van der Waals surface area contributed by atoms with Crippen LogP contribution >= 0.6 is 0 Å². The zero-order chi connectivity index (χ0) is 14.6. The highest BCUT2D eigenvalue weighted by atomic mass is 16.6. The molecule has 0 rings (SSSR count). The average Bonchev–Trinajstić information content (AvgIpc) is 2.30. The molecule has 0 aromatic heterocycles. The molecule has 0 radical (unpaired) electrons. The minimum atomic E-state index is -0.940. The van der Waals surface area contributed by atoms with E-state index >= 15 is 0 Å². The number of carbonyl (C=O) groups is 3. The monoisotopic (exact) mass is 264 g/mol. The topological polar surface area (TPSA) is 128 Å². The third kappa shape index (κ3) is 12.2. The molecule has 8 heteroatoms. The van der Waals surface area contributed by atoms with Crippen LogP contribution in [0.1, 0.15) is 33.6 Å². The number of hydroxylamine groups is 1. The lowest BCUT2D eigenvalue weighted by molar-refractivity contribution is -0.166. The van der Waals surface area contributed by atoms with E-state index in [0.29, 0.717) is 19.4 Å². The molecule has 0 aromatic carbocycles. The maximum absolute atomic E-state index is 11.0. The summed E-state index contributed by atoms with van der Waals surface area (Å²) in [5, 5.41) is 7.42. The fourth-order valence-electron chi connectivity index (χ4n) is 0.768. The number of nitrogens with one attached hydrogen (secondary N) is 1. The quantitative estimate of drug-likeness (QED) is 0.373. The van der Waals surface area contributed by atoms with Gasteiger partial charge in [-0.2, -0.15) is 0 Å². The van der Waals surface area contributed by atoms with Gasteiger partial charge in [-0.05, 0) is 20.3 Å². The smallest absolute Gasteiger partial charge is 0.347 e. The Morgan fingerprint density at radius 3 is 2.17 bits per heavy atom. The highest BCUT2D eigenvalue weighted by molar-refractivity contribution is 5.78. The summed E-state index contributed by atoms with van der Waals surface area (Å²) >= 11 is 0. The van der Waals surface area contributed by atoms with Crippen molar-refractivity contribution in [3.8, 4) is 0 Å². The molecule has 0 saturated heterocycles. The molecule has 0 spiro atoms. The van der Waals surface area contributed by atoms with Crippen molar-refractivity contribution in [2.45, 2.75) is 39.7 Å². The van der Waals surface area contributed by atoms with Gasteiger partial charge in [-0.25, -0.2) is 15.1 Å². The van der Waals surface area contributed by atoms with Crippen molar-refractivity contribution >= 4 is 18.0 Å². The lowest BCUT2D eigenvalue weighted by atomic mass is 10.3. The second-order valence-electron chi connectivity index (χ2n) is 3.11. The molecule has 0 unspecified atom stereocenters. The fraction of sp³-hybridized carbons (Fsp3) is 0.700. The van der Waals surface area contributed by atoms with Crippen molar-refractivity contribution < 1.29 is 29.1 Å². The Kier molecular flexibility index (Phi) is 12.0. The second kappa shape index (κ2) is 11.6. The van der Waals surface area contributed by atoms with Gasteiger partial charge in [0, 0.05) is 6.42 Å². The van der Waals surface area contributed by atoms with E-state index in [1.54, 1.807) is 6.92 Å². The zero-order valence-electron chi connectivity index (χ0n) is 10.8. The number of ether oxygens (including phenoxy) is 2. The average molecular weight is 264 g/mol. The van der Waals surface area contributed by atoms with E-state index in [4.69, 9.17) is 9.94 Å². The Hall–Kier alpha value is -1.83. The van der Waals surface area contributed by atoms with Crippen molar-refractivity contribution in [3.63, 3.8) is 0 Å². The molecule has 0 aliphatic carbocycles. The minimum absolute atomic E-state index is 0.300. The van der Waals surface area contributed by atoms with Crippen LogP contribution in [-0.2, 0) is 19.1 Å². The van der Waals surface area contributed by atoms with Gasteiger partial charge < -0.3 is 15.2 Å². The van der Waals surface area contributed by atoms with Crippen molar-refractivity contribution in [3.05, 3.63) is 0 Å². The van der Waals surface area contributed by atoms with E-state index in [2.05, 4.69) is 10.5 Å². The van der Waals surface area contributed by atoms with E-state index in [1.165, 1.54) is 12.4 Å². The maximum Gasteiger partial charge on any atom is 0.347 e. The van der Waals surface area contributed by atoms with Crippen LogP contribution in [0.15, 0.2) is 0 Å². The first-order valence-corrected chi connectivity index (χ1v) is 5.44. The molecular weight excluding hydrogens is 244 g/mol. The van der Waals surface area contributed by atoms with E-state index in [0.717, 1.165) is 0 Å². The molecule has 106 valence electrons. The normalized spacial score (nSPS) is 10.4. The Morgan fingerprint density at radius 2 is 1.83 bits per heavy atom. The molecule has 18 heavy (non-hydrogen) atoms. The van der Waals surface area contributed by atoms with Crippen LogP contribution in [0.5, 0.6) is 0 Å². The molecule has 4 N–H and O–H groups in total. The summed E-state index contributed by atoms with van der Waals surface area (Å²) in [6, 6.07) is -0.940. The fourth-order valence-corrected chi connectivity index (χ4v) is 0.768. The maximum atomic E-state index is 11.0. The highest BCUT2D eigenvalue weighted by Gasteiger charge is 2.17. The van der Waals surface area contributed by atoms with Crippen LogP contribution in [0.25, 0.3) is 0 Å². The molecule has 0 aromatic rings. The molecule has 0 fully saturated rings. The number of amides is 2. The van der Waals surface area contributed by atoms with Gasteiger partial charge in [0.15, 0.2) is 6.10 Å². The van der Waals surface area contributed by atoms with Gasteiger partial charge in [-0.3, -0.25) is 10.0 Å². The third-order valence-corrected chi connectivity index (χ3v) is 1.49. The largest absolute Gasteiger partial charge is 0.463 e. The summed E-state index contributed by atoms with van der Waals surface area (Å²) in [7, 11) is 0. The van der Waals surface area contributed by atoms with Gasteiger partial charge in [-0.1, -0.05) is 6.92 Å². The van der Waals surface area contributed by atoms with E-state index in [9.17, 15) is 14.4 Å². The Balaban J connectivity index is 0. The number of carbonyl (C=O) groups excluding carboxylic acids is 3. The van der Waals surface area contributed by atoms with Crippen molar-refractivity contribution in [2.24, 2.45) is 5.73 Å². The summed E-state index contributed by atoms with van der Waals surface area (Å²) in [4.78, 5) is 31.1. The summed E-state index contributed by atoms with van der Waals surface area (Å²) in [5.41, 5.74) is 5.46. The molecule has 1 atom stereocenters. The van der Waals surface area contributed by atoms with Gasteiger partial charge in [0.2, 0.25) is 0 Å². The predicted molar refractivity (Wildman–Crippen MR) is 61.6 cm³/mol. The zero-order valence-corrected chi connectivity index (χ0v) is 10.8. The standard InChI is InChI=1S/C9H16O4.CH4N2O2/c1-4-6-8(10)13-7(3)9(11)12-5-2;2-1(4)3-5/h7H,4-6H2,1-3H3;5H,(H3,2,3,4)/t7-;/m0./s1. The first-order chi connectivity index (χ1) is 8.38. The van der Waals surface area contributed by atoms with Gasteiger partial charge >= 0.3 is 18.0 Å². The molecule has 0 bridgehead atoms. The molecule has 0 heterocycles. The number of hydrogen-bond acceptors (Lipinski definition) is 6. The Morgan fingerprint density at radius 1 is 1.33 bits per heavy atom. The van der Waals surface area contributed by atoms with E-state index < -0.39 is 18.1 Å². The second-order valence-corrected chi connectivity index (χ2v) is 3.11. The first-order valence-electron chi connectivity index (χ1n) is 5.44. The molecule has 0 aliphatic rings. The van der Waals surface area contributed by atoms with Crippen molar-refractivity contribution in [2.75, 3.05) is 6.61 Å². The highest BCUT2D eigenvalue weighted by Crippen LogP contribution is 1.99. The van der Waals surface area contributed by atoms with Crippen LogP contribution in [0.2, 0.25) is 0 Å². The van der Waals surface area contributed by atoms with Crippen LogP contribution in [0.3, 0.4) is 0 Å². The molecule has 8 nitrogen and oxygen atoms in total. The lowest BCUT2D eigenvalue weighted by Crippen LogP contribution is -2.26. The van der Waals surface area contributed by atoms with Gasteiger partial charge in [0.25, 0.3) is 0 Å². The number of urea groups is 1. The molecule has 0 aliphatic heterocycles. The van der Waals surface area contributed by atoms with Crippen LogP contribution in [0, 0.1) is 0 Å². The van der Waals surface area contributed by atoms with Crippen LogP contribution in [-0.4, -0.2) is 35.9 Å². The Bertz CT molecular complexity index is 269. The Labute approximate surface area is 105 Å². The number of primary amides is 1. The SMILES string of the molecule is CCCC(=O)O[C@@H](C)C(=O)OCC.NC(=O)NO. The van der Waals surface area contributed by atoms with Crippen molar-refractivity contribution in [1.82, 2.24) is 5.48 Å². The van der Waals surface area contributed by atoms with E-state index in [1.807, 2.05) is 6.92 Å². The van der Waals surface area contributed by atoms with E-state index in [-0.39, 0.29) is 5.97 Å². The summed E-state index contributed by atoms with van der Waals surface area (Å²) in [6.07, 6.45) is 0.261. The number of rotatable bonds is 5. The van der Waals surface area contributed by atoms with Gasteiger partial charge in [-0.15, -0.1) is 0 Å². The van der Waals surface area contributed by atoms with Crippen molar-refractivity contribution in [1.29, 1.82) is 0 Å². The first kappa shape index (κ1) is 18.5. The molecule has 0 saturated carbocycles.